The fourth-order valence-corrected chi connectivity index (χ4v) is 3.63. The molecule has 0 saturated heterocycles. The molecule has 0 atom stereocenters. The first-order valence-corrected chi connectivity index (χ1v) is 9.74. The molecule has 3 aromatic rings. The average Bonchev–Trinajstić information content (AvgIpc) is 2.93. The first-order valence-electron chi connectivity index (χ1n) is 7.90. The summed E-state index contributed by atoms with van der Waals surface area (Å²) >= 11 is 14.5. The van der Waals surface area contributed by atoms with E-state index in [0.717, 1.165) is 31.3 Å². The highest BCUT2D eigenvalue weighted by molar-refractivity contribution is 14.1. The Bertz CT molecular complexity index is 937. The van der Waals surface area contributed by atoms with Crippen molar-refractivity contribution in [2.24, 2.45) is 0 Å². The molecular weight excluding hydrogens is 472 g/mol. The second kappa shape index (κ2) is 7.98. The van der Waals surface area contributed by atoms with E-state index in [0.29, 0.717) is 29.5 Å². The van der Waals surface area contributed by atoms with Gasteiger partial charge in [0.25, 0.3) is 0 Å². The third-order valence-electron chi connectivity index (χ3n) is 3.96. The van der Waals surface area contributed by atoms with E-state index in [1.165, 1.54) is 0 Å². The van der Waals surface area contributed by atoms with Gasteiger partial charge in [0.1, 0.15) is 0 Å². The number of hydrogen-bond acceptors (Lipinski definition) is 2. The van der Waals surface area contributed by atoms with Crippen LogP contribution in [0.5, 0.6) is 0 Å². The number of fused-ring (bicyclic) bond motifs is 1. The van der Waals surface area contributed by atoms with Gasteiger partial charge in [-0.1, -0.05) is 29.3 Å². The highest BCUT2D eigenvalue weighted by Crippen LogP contribution is 2.35. The van der Waals surface area contributed by atoms with Crippen LogP contribution >= 0.6 is 45.8 Å². The number of aryl methyl sites for hydroxylation is 1. The number of esters is 1. The zero-order valence-electron chi connectivity index (χ0n) is 13.5. The summed E-state index contributed by atoms with van der Waals surface area (Å²) in [6, 6.07) is 11.8. The van der Waals surface area contributed by atoms with E-state index in [1.807, 2.05) is 31.2 Å². The van der Waals surface area contributed by atoms with Gasteiger partial charge in [-0.15, -0.1) is 0 Å². The maximum atomic E-state index is 11.8. The molecule has 0 unspecified atom stereocenters. The van der Waals surface area contributed by atoms with Crippen LogP contribution in [0.25, 0.3) is 22.2 Å². The molecule has 130 valence electrons. The first-order chi connectivity index (χ1) is 12.0. The number of H-pyrrole nitrogens is 1. The van der Waals surface area contributed by atoms with Crippen LogP contribution in [-0.4, -0.2) is 17.6 Å². The normalized spacial score (nSPS) is 11.0. The molecular formula is C19H16Cl2INO2. The summed E-state index contributed by atoms with van der Waals surface area (Å²) in [5.74, 6) is -0.192. The van der Waals surface area contributed by atoms with Crippen molar-refractivity contribution in [2.75, 3.05) is 6.61 Å². The third kappa shape index (κ3) is 4.13. The molecule has 3 rings (SSSR count). The minimum absolute atomic E-state index is 0.192. The van der Waals surface area contributed by atoms with E-state index in [2.05, 4.69) is 33.6 Å². The van der Waals surface area contributed by atoms with Crippen LogP contribution < -0.4 is 0 Å². The Labute approximate surface area is 169 Å². The molecule has 1 aromatic heterocycles. The number of ether oxygens (including phenoxy) is 1. The Balaban J connectivity index is 2.08. The lowest BCUT2D eigenvalue weighted by Gasteiger charge is -2.07. The zero-order valence-corrected chi connectivity index (χ0v) is 17.2. The van der Waals surface area contributed by atoms with E-state index < -0.39 is 0 Å². The Morgan fingerprint density at radius 2 is 1.96 bits per heavy atom. The number of carbonyl (C=O) groups is 1. The maximum Gasteiger partial charge on any atom is 0.306 e. The monoisotopic (exact) mass is 487 g/mol. The quantitative estimate of drug-likeness (QED) is 0.341. The van der Waals surface area contributed by atoms with E-state index in [-0.39, 0.29) is 5.97 Å². The second-order valence-corrected chi connectivity index (χ2v) is 7.66. The summed E-state index contributed by atoms with van der Waals surface area (Å²) in [7, 11) is 0. The fourth-order valence-electron chi connectivity index (χ4n) is 2.84. The summed E-state index contributed by atoms with van der Waals surface area (Å²) in [5, 5.41) is 2.13. The van der Waals surface area contributed by atoms with Crippen LogP contribution in [0.1, 0.15) is 18.9 Å². The van der Waals surface area contributed by atoms with Crippen LogP contribution in [-0.2, 0) is 16.0 Å². The van der Waals surface area contributed by atoms with Gasteiger partial charge in [0.05, 0.1) is 16.7 Å². The van der Waals surface area contributed by atoms with Crippen LogP contribution in [0.2, 0.25) is 10.0 Å². The van der Waals surface area contributed by atoms with Gasteiger partial charge in [0.15, 0.2) is 0 Å². The van der Waals surface area contributed by atoms with Crippen LogP contribution in [0.3, 0.4) is 0 Å². The first kappa shape index (κ1) is 18.5. The number of benzene rings is 2. The maximum absolute atomic E-state index is 11.8. The van der Waals surface area contributed by atoms with Crippen molar-refractivity contribution in [3.63, 3.8) is 0 Å². The summed E-state index contributed by atoms with van der Waals surface area (Å²) in [6.45, 7) is 2.21. The molecule has 1 N–H and O–H groups in total. The van der Waals surface area contributed by atoms with Gasteiger partial charge in [-0.25, -0.2) is 0 Å². The third-order valence-corrected chi connectivity index (χ3v) is 5.37. The number of nitrogens with one attached hydrogen (secondary N) is 1. The summed E-state index contributed by atoms with van der Waals surface area (Å²) in [4.78, 5) is 15.3. The van der Waals surface area contributed by atoms with Crippen molar-refractivity contribution < 1.29 is 9.53 Å². The van der Waals surface area contributed by atoms with Crippen molar-refractivity contribution in [3.05, 3.63) is 55.6 Å². The number of halogens is 3. The van der Waals surface area contributed by atoms with Crippen molar-refractivity contribution in [2.45, 2.75) is 19.8 Å². The van der Waals surface area contributed by atoms with Gasteiger partial charge >= 0.3 is 5.97 Å². The van der Waals surface area contributed by atoms with Gasteiger partial charge < -0.3 is 9.72 Å². The molecule has 0 fully saturated rings. The molecule has 0 aliphatic rings. The van der Waals surface area contributed by atoms with Crippen molar-refractivity contribution in [3.8, 4) is 11.3 Å². The van der Waals surface area contributed by atoms with Crippen molar-refractivity contribution >= 4 is 62.7 Å². The number of aromatic nitrogens is 1. The SMILES string of the molecule is CCOC(=O)CCc1c(-c2ccc(Cl)c(Cl)c2)[nH]c2ccc(I)cc12. The topological polar surface area (TPSA) is 42.1 Å². The Morgan fingerprint density at radius 1 is 1.16 bits per heavy atom. The molecule has 0 aliphatic carbocycles. The Hall–Kier alpha value is -1.24. The molecule has 0 radical (unpaired) electrons. The minimum Gasteiger partial charge on any atom is -0.466 e. The van der Waals surface area contributed by atoms with Crippen LogP contribution in [0.15, 0.2) is 36.4 Å². The number of rotatable bonds is 5. The Kier molecular flexibility index (Phi) is 5.92. The van der Waals surface area contributed by atoms with Gasteiger partial charge in [0.2, 0.25) is 0 Å². The molecule has 3 nitrogen and oxygen atoms in total. The van der Waals surface area contributed by atoms with Crippen molar-refractivity contribution in [1.29, 1.82) is 0 Å². The van der Waals surface area contributed by atoms with Gasteiger partial charge in [-0.2, -0.15) is 0 Å². The number of aromatic amines is 1. The average molecular weight is 488 g/mol. The molecule has 0 aliphatic heterocycles. The lowest BCUT2D eigenvalue weighted by atomic mass is 10.0. The standard InChI is InChI=1S/C19H16Cl2INO2/c1-2-25-18(24)8-5-13-14-10-12(22)4-7-17(14)23-19(13)11-3-6-15(20)16(21)9-11/h3-4,6-7,9-10,23H,2,5,8H2,1H3. The van der Waals surface area contributed by atoms with Gasteiger partial charge in [-0.3, -0.25) is 4.79 Å². The molecule has 0 spiro atoms. The summed E-state index contributed by atoms with van der Waals surface area (Å²) in [5.41, 5.74) is 4.01. The molecule has 0 amide bonds. The Morgan fingerprint density at radius 3 is 2.68 bits per heavy atom. The van der Waals surface area contributed by atoms with Crippen LogP contribution in [0, 0.1) is 3.57 Å². The van der Waals surface area contributed by atoms with Crippen LogP contribution in [0.4, 0.5) is 0 Å². The highest BCUT2D eigenvalue weighted by Gasteiger charge is 2.16. The minimum atomic E-state index is -0.192. The van der Waals surface area contributed by atoms with E-state index >= 15 is 0 Å². The molecule has 6 heteroatoms. The molecule has 0 saturated carbocycles. The number of carbonyl (C=O) groups excluding carboxylic acids is 1. The predicted molar refractivity (Wildman–Crippen MR) is 111 cm³/mol. The predicted octanol–water partition coefficient (Wildman–Crippen LogP) is 6.24. The fraction of sp³-hybridized carbons (Fsp3) is 0.211. The lowest BCUT2D eigenvalue weighted by molar-refractivity contribution is -0.143. The summed E-state index contributed by atoms with van der Waals surface area (Å²) < 4.78 is 6.21. The smallest absolute Gasteiger partial charge is 0.306 e. The van der Waals surface area contributed by atoms with Gasteiger partial charge in [-0.05, 0) is 77.4 Å². The second-order valence-electron chi connectivity index (χ2n) is 5.60. The number of hydrogen-bond donors (Lipinski definition) is 1. The summed E-state index contributed by atoms with van der Waals surface area (Å²) in [6.07, 6.45) is 0.926. The van der Waals surface area contributed by atoms with Gasteiger partial charge in [0, 0.05) is 26.6 Å². The molecule has 25 heavy (non-hydrogen) atoms. The zero-order chi connectivity index (χ0) is 18.0. The largest absolute Gasteiger partial charge is 0.466 e. The molecule has 2 aromatic carbocycles. The molecule has 0 bridgehead atoms. The van der Waals surface area contributed by atoms with Crippen molar-refractivity contribution in [1.82, 2.24) is 4.98 Å². The highest BCUT2D eigenvalue weighted by atomic mass is 127. The van der Waals surface area contributed by atoms with E-state index in [4.69, 9.17) is 27.9 Å². The van der Waals surface area contributed by atoms with E-state index in [9.17, 15) is 4.79 Å². The van der Waals surface area contributed by atoms with E-state index in [1.54, 1.807) is 6.07 Å². The lowest BCUT2D eigenvalue weighted by Crippen LogP contribution is -2.05. The molecule has 1 heterocycles.